The molecule has 0 spiro atoms. The van der Waals surface area contributed by atoms with E-state index in [9.17, 15) is 4.79 Å². The number of thioether (sulfide) groups is 1. The topological polar surface area (TPSA) is 94.8 Å². The smallest absolute Gasteiger partial charge is 0.238 e. The molecule has 0 saturated heterocycles. The number of aryl methyl sites for hydroxylation is 1. The maximum Gasteiger partial charge on any atom is 0.238 e. The molecule has 0 aliphatic rings. The normalized spacial score (nSPS) is 11.9. The van der Waals surface area contributed by atoms with Crippen LogP contribution in [0.25, 0.3) is 5.69 Å². The van der Waals surface area contributed by atoms with E-state index in [0.717, 1.165) is 5.56 Å². The van der Waals surface area contributed by atoms with Crippen LogP contribution in [0.3, 0.4) is 0 Å². The first-order valence-electron chi connectivity index (χ1n) is 8.00. The molecule has 0 unspecified atom stereocenters. The summed E-state index contributed by atoms with van der Waals surface area (Å²) in [6.45, 7) is 3.73. The summed E-state index contributed by atoms with van der Waals surface area (Å²) >= 11 is 7.04. The van der Waals surface area contributed by atoms with Crippen molar-refractivity contribution in [3.8, 4) is 11.4 Å². The quantitative estimate of drug-likeness (QED) is 0.630. The van der Waals surface area contributed by atoms with Gasteiger partial charge in [0.15, 0.2) is 0 Å². The molecule has 1 atom stereocenters. The molecule has 0 aliphatic heterocycles. The van der Waals surface area contributed by atoms with E-state index < -0.39 is 5.25 Å². The number of halogens is 1. The summed E-state index contributed by atoms with van der Waals surface area (Å²) in [5.74, 6) is 0.842. The van der Waals surface area contributed by atoms with Gasteiger partial charge in [-0.2, -0.15) is 4.68 Å². The van der Waals surface area contributed by atoms with Crippen LogP contribution in [0.5, 0.6) is 5.75 Å². The fraction of sp³-hybridized carbons (Fsp3) is 0.235. The number of pyridine rings is 1. The van der Waals surface area contributed by atoms with Crippen LogP contribution in [0.2, 0.25) is 5.02 Å². The number of carbonyl (C=O) groups excluding carboxylic acids is 1. The van der Waals surface area contributed by atoms with Crippen molar-refractivity contribution >= 4 is 35.1 Å². The number of ether oxygens (including phenoxy) is 1. The highest BCUT2D eigenvalue weighted by atomic mass is 35.5. The van der Waals surface area contributed by atoms with Crippen LogP contribution in [-0.4, -0.2) is 43.5 Å². The number of anilines is 1. The van der Waals surface area contributed by atoms with Gasteiger partial charge in [0, 0.05) is 6.20 Å². The van der Waals surface area contributed by atoms with Crippen molar-refractivity contribution in [3.05, 3.63) is 47.1 Å². The minimum absolute atomic E-state index is 0.222. The van der Waals surface area contributed by atoms with Crippen LogP contribution in [-0.2, 0) is 4.79 Å². The van der Waals surface area contributed by atoms with E-state index in [-0.39, 0.29) is 5.91 Å². The van der Waals surface area contributed by atoms with E-state index in [2.05, 4.69) is 25.8 Å². The molecule has 2 aromatic heterocycles. The van der Waals surface area contributed by atoms with E-state index in [1.165, 1.54) is 18.0 Å². The Hall–Kier alpha value is -2.65. The van der Waals surface area contributed by atoms with Crippen LogP contribution in [0.4, 0.5) is 5.82 Å². The third-order valence-electron chi connectivity index (χ3n) is 3.63. The fourth-order valence-corrected chi connectivity index (χ4v) is 3.17. The van der Waals surface area contributed by atoms with Crippen molar-refractivity contribution in [1.82, 2.24) is 25.2 Å². The van der Waals surface area contributed by atoms with E-state index in [1.807, 2.05) is 25.1 Å². The van der Waals surface area contributed by atoms with Crippen LogP contribution in [0.15, 0.2) is 41.7 Å². The molecule has 27 heavy (non-hydrogen) atoms. The number of rotatable bonds is 6. The van der Waals surface area contributed by atoms with Crippen molar-refractivity contribution in [1.29, 1.82) is 0 Å². The summed E-state index contributed by atoms with van der Waals surface area (Å²) in [5, 5.41) is 15.1. The van der Waals surface area contributed by atoms with E-state index in [0.29, 0.717) is 27.4 Å². The Balaban J connectivity index is 1.77. The molecule has 140 valence electrons. The second kappa shape index (κ2) is 8.36. The molecule has 0 saturated carbocycles. The predicted molar refractivity (Wildman–Crippen MR) is 104 cm³/mol. The monoisotopic (exact) mass is 404 g/mol. The number of amides is 1. The number of aromatic nitrogens is 5. The number of nitrogens with one attached hydrogen (secondary N) is 1. The van der Waals surface area contributed by atoms with Gasteiger partial charge in [0.25, 0.3) is 0 Å². The Kier molecular flexibility index (Phi) is 5.92. The number of carbonyl (C=O) groups is 1. The van der Waals surface area contributed by atoms with Crippen LogP contribution >= 0.6 is 23.4 Å². The van der Waals surface area contributed by atoms with Gasteiger partial charge >= 0.3 is 0 Å². The highest BCUT2D eigenvalue weighted by Gasteiger charge is 2.21. The zero-order valence-corrected chi connectivity index (χ0v) is 16.5. The van der Waals surface area contributed by atoms with Gasteiger partial charge in [-0.3, -0.25) is 4.79 Å². The number of hydrogen-bond acceptors (Lipinski definition) is 7. The summed E-state index contributed by atoms with van der Waals surface area (Å²) in [6.07, 6.45) is 1.47. The molecule has 8 nitrogen and oxygen atoms in total. The molecule has 3 aromatic rings. The second-order valence-corrected chi connectivity index (χ2v) is 7.40. The number of benzene rings is 1. The molecule has 3 rings (SSSR count). The molecule has 0 bridgehead atoms. The minimum atomic E-state index is -0.456. The molecule has 1 N–H and O–H groups in total. The molecular formula is C17H17ClN6O2S. The number of nitrogens with zero attached hydrogens (tertiary/aromatic N) is 5. The molecular weight excluding hydrogens is 388 g/mol. The van der Waals surface area contributed by atoms with Gasteiger partial charge in [-0.25, -0.2) is 4.98 Å². The standard InChI is InChI=1S/C17H17ClN6O2S/c1-10-4-6-14(26-3)13(8-10)24-17(21-22-23-24)27-11(2)16(25)20-15-7-5-12(18)9-19-15/h4-9,11H,1-3H3,(H,19,20,25)/t11-/m1/s1. The van der Waals surface area contributed by atoms with Gasteiger partial charge in [-0.15, -0.1) is 5.10 Å². The zero-order valence-electron chi connectivity index (χ0n) is 14.9. The van der Waals surface area contributed by atoms with Gasteiger partial charge in [-0.05, 0) is 54.1 Å². The third kappa shape index (κ3) is 4.55. The Morgan fingerprint density at radius 2 is 2.15 bits per heavy atom. The van der Waals surface area contributed by atoms with Gasteiger partial charge < -0.3 is 10.1 Å². The zero-order chi connectivity index (χ0) is 19.4. The fourth-order valence-electron chi connectivity index (χ4n) is 2.26. The molecule has 0 radical (unpaired) electrons. The summed E-state index contributed by atoms with van der Waals surface area (Å²) < 4.78 is 6.95. The Labute approximate surface area is 165 Å². The minimum Gasteiger partial charge on any atom is -0.494 e. The first kappa shape index (κ1) is 19.1. The molecule has 0 aliphatic carbocycles. The molecule has 1 amide bonds. The molecule has 0 fully saturated rings. The van der Waals surface area contributed by atoms with Crippen molar-refractivity contribution in [2.75, 3.05) is 12.4 Å². The summed E-state index contributed by atoms with van der Waals surface area (Å²) in [5.41, 5.74) is 1.74. The SMILES string of the molecule is COc1ccc(C)cc1-n1nnnc1S[C@H](C)C(=O)Nc1ccc(Cl)cn1. The van der Waals surface area contributed by atoms with Crippen molar-refractivity contribution < 1.29 is 9.53 Å². The predicted octanol–water partition coefficient (Wildman–Crippen LogP) is 3.15. The van der Waals surface area contributed by atoms with E-state index in [1.54, 1.807) is 30.8 Å². The first-order chi connectivity index (χ1) is 13.0. The Bertz CT molecular complexity index is 947. The lowest BCUT2D eigenvalue weighted by Gasteiger charge is -2.13. The highest BCUT2D eigenvalue weighted by Crippen LogP contribution is 2.29. The second-order valence-electron chi connectivity index (χ2n) is 5.66. The van der Waals surface area contributed by atoms with Crippen molar-refractivity contribution in [2.24, 2.45) is 0 Å². The first-order valence-corrected chi connectivity index (χ1v) is 9.26. The summed E-state index contributed by atoms with van der Waals surface area (Å²) in [4.78, 5) is 16.5. The Morgan fingerprint density at radius 3 is 2.85 bits per heavy atom. The average molecular weight is 405 g/mol. The summed E-state index contributed by atoms with van der Waals surface area (Å²) in [7, 11) is 1.58. The van der Waals surface area contributed by atoms with Crippen molar-refractivity contribution in [2.45, 2.75) is 24.3 Å². The van der Waals surface area contributed by atoms with Gasteiger partial charge in [0.1, 0.15) is 17.3 Å². The van der Waals surface area contributed by atoms with Crippen LogP contribution in [0, 0.1) is 6.92 Å². The van der Waals surface area contributed by atoms with E-state index >= 15 is 0 Å². The lowest BCUT2D eigenvalue weighted by atomic mass is 10.2. The van der Waals surface area contributed by atoms with Crippen molar-refractivity contribution in [3.63, 3.8) is 0 Å². The van der Waals surface area contributed by atoms with Gasteiger partial charge in [0.05, 0.1) is 17.4 Å². The Morgan fingerprint density at radius 1 is 1.33 bits per heavy atom. The largest absolute Gasteiger partial charge is 0.494 e. The summed E-state index contributed by atoms with van der Waals surface area (Å²) in [6, 6.07) is 9.01. The van der Waals surface area contributed by atoms with E-state index in [4.69, 9.17) is 16.3 Å². The van der Waals surface area contributed by atoms with Gasteiger partial charge in [-0.1, -0.05) is 29.4 Å². The average Bonchev–Trinajstić information content (AvgIpc) is 3.11. The number of methoxy groups -OCH3 is 1. The maximum atomic E-state index is 12.4. The lowest BCUT2D eigenvalue weighted by molar-refractivity contribution is -0.115. The highest BCUT2D eigenvalue weighted by molar-refractivity contribution is 8.00. The molecule has 10 heteroatoms. The third-order valence-corrected chi connectivity index (χ3v) is 4.89. The lowest BCUT2D eigenvalue weighted by Crippen LogP contribution is -2.23. The maximum absolute atomic E-state index is 12.4. The van der Waals surface area contributed by atoms with Crippen LogP contribution in [0.1, 0.15) is 12.5 Å². The number of tetrazole rings is 1. The molecule has 1 aromatic carbocycles. The molecule has 2 heterocycles. The van der Waals surface area contributed by atoms with Crippen LogP contribution < -0.4 is 10.1 Å². The van der Waals surface area contributed by atoms with Gasteiger partial charge in [0.2, 0.25) is 11.1 Å². The number of hydrogen-bond donors (Lipinski definition) is 1.